The quantitative estimate of drug-likeness (QED) is 0.122. The second-order valence-corrected chi connectivity index (χ2v) is 11.0. The van der Waals surface area contributed by atoms with E-state index in [0.29, 0.717) is 24.3 Å². The molecular weight excluding hydrogens is 603 g/mol. The zero-order valence-corrected chi connectivity index (χ0v) is 24.2. The predicted octanol–water partition coefficient (Wildman–Crippen LogP) is 5.50. The number of quaternary nitrogens is 1. The van der Waals surface area contributed by atoms with Gasteiger partial charge in [-0.2, -0.15) is 13.2 Å². The molecule has 0 aliphatic heterocycles. The van der Waals surface area contributed by atoms with Gasteiger partial charge < -0.3 is 20.7 Å². The fourth-order valence-electron chi connectivity index (χ4n) is 3.95. The van der Waals surface area contributed by atoms with Crippen molar-refractivity contribution in [3.63, 3.8) is 0 Å². The lowest BCUT2D eigenvalue weighted by molar-refractivity contribution is -0.192. The van der Waals surface area contributed by atoms with Gasteiger partial charge in [0.05, 0.1) is 21.1 Å². The van der Waals surface area contributed by atoms with Gasteiger partial charge in [0.1, 0.15) is 17.2 Å². The molecule has 0 atom stereocenters. The second kappa shape index (κ2) is 12.6. The maximum absolute atomic E-state index is 13.3. The van der Waals surface area contributed by atoms with Crippen LogP contribution >= 0.6 is 15.9 Å². The molecule has 0 unspecified atom stereocenters. The van der Waals surface area contributed by atoms with Crippen LogP contribution in [0.4, 0.5) is 18.9 Å². The fourth-order valence-corrected chi connectivity index (χ4v) is 4.33. The van der Waals surface area contributed by atoms with E-state index in [1.165, 1.54) is 5.69 Å². The number of carboxylic acid groups (broad SMARTS) is 1. The average molecular weight is 633 g/mol. The van der Waals surface area contributed by atoms with E-state index in [9.17, 15) is 18.0 Å². The lowest BCUT2D eigenvalue weighted by Crippen LogP contribution is -2.34. The lowest BCUT2D eigenvalue weighted by atomic mass is 10.1. The van der Waals surface area contributed by atoms with Crippen molar-refractivity contribution in [3.05, 3.63) is 99.7 Å². The number of hydrogen-bond donors (Lipinski definition) is 4. The number of nitrogens with zero attached hydrogens (tertiary/aromatic N) is 2. The van der Waals surface area contributed by atoms with Crippen LogP contribution in [0.5, 0.6) is 0 Å². The molecule has 0 spiro atoms. The Balaban J connectivity index is 0.000000587. The minimum absolute atomic E-state index is 0.0254. The van der Waals surface area contributed by atoms with E-state index in [-0.39, 0.29) is 11.7 Å². The molecule has 0 saturated heterocycles. The summed E-state index contributed by atoms with van der Waals surface area (Å²) >= 11 is 3.53. The van der Waals surface area contributed by atoms with Gasteiger partial charge in [-0.3, -0.25) is 14.7 Å². The molecule has 0 saturated carbocycles. The monoisotopic (exact) mass is 632 g/mol. The predicted molar refractivity (Wildman–Crippen MR) is 157 cm³/mol. The number of benzene rings is 3. The van der Waals surface area contributed by atoms with Gasteiger partial charge in [0.25, 0.3) is 5.91 Å². The standard InChI is InChI=1S/C27H28BrN5O.C2HF3O2/c1-33(2,3)23-10-7-18(8-11-23)16-31-27(34)25-15-21-14-22(28)9-12-24(21)32(25)17-19-5-4-6-20(13-19)26(29)30;3-2(4,5)1(6)7/h4-15H,16-17H2,1-3H3,(H3-,29,30,31,34);(H,6,7)/p+1. The van der Waals surface area contributed by atoms with Gasteiger partial charge in [-0.25, -0.2) is 4.79 Å². The highest BCUT2D eigenvalue weighted by Crippen LogP contribution is 2.25. The minimum Gasteiger partial charge on any atom is -0.475 e. The normalized spacial score (nSPS) is 11.5. The fraction of sp³-hybridized carbons (Fsp3) is 0.207. The summed E-state index contributed by atoms with van der Waals surface area (Å²) in [6.45, 7) is 0.939. The van der Waals surface area contributed by atoms with Gasteiger partial charge in [-0.15, -0.1) is 0 Å². The summed E-state index contributed by atoms with van der Waals surface area (Å²) in [6.07, 6.45) is -5.08. The largest absolute Gasteiger partial charge is 0.490 e. The first-order valence-electron chi connectivity index (χ1n) is 12.3. The number of halogens is 4. The molecule has 4 aromatic rings. The third-order valence-corrected chi connectivity index (χ3v) is 6.57. The maximum Gasteiger partial charge on any atom is 0.490 e. The van der Waals surface area contributed by atoms with Gasteiger partial charge in [0.2, 0.25) is 0 Å². The van der Waals surface area contributed by atoms with Gasteiger partial charge in [0.15, 0.2) is 0 Å². The molecule has 1 amide bonds. The van der Waals surface area contributed by atoms with Crippen LogP contribution in [0, 0.1) is 5.41 Å². The number of rotatable bonds is 7. The highest BCUT2D eigenvalue weighted by Gasteiger charge is 2.38. The molecule has 0 aliphatic carbocycles. The molecule has 4 rings (SSSR count). The number of aliphatic carboxylic acids is 1. The summed E-state index contributed by atoms with van der Waals surface area (Å²) in [5.41, 5.74) is 11.1. The molecule has 0 aliphatic rings. The van der Waals surface area contributed by atoms with E-state index < -0.39 is 12.1 Å². The van der Waals surface area contributed by atoms with Crippen molar-refractivity contribution in [2.75, 3.05) is 21.1 Å². The third kappa shape index (κ3) is 8.41. The smallest absolute Gasteiger partial charge is 0.475 e. The molecule has 1 aromatic heterocycles. The number of carbonyl (C=O) groups excluding carboxylic acids is 1. The molecule has 1 heterocycles. The first kappa shape index (κ1) is 31.4. The van der Waals surface area contributed by atoms with Crippen molar-refractivity contribution in [2.24, 2.45) is 5.73 Å². The SMILES string of the molecule is C[N+](C)(C)c1ccc(CNC(=O)c2cc3cc(Br)ccc3n2Cc2cccc(C(=N)N)c2)cc1.O=C(O)C(F)(F)F. The van der Waals surface area contributed by atoms with Gasteiger partial charge in [-0.05, 0) is 53.6 Å². The molecule has 216 valence electrons. The van der Waals surface area contributed by atoms with Crippen LogP contribution in [-0.4, -0.2) is 54.7 Å². The maximum atomic E-state index is 13.3. The number of nitrogens with one attached hydrogen (secondary N) is 2. The zero-order valence-electron chi connectivity index (χ0n) is 22.6. The zero-order chi connectivity index (χ0) is 30.5. The van der Waals surface area contributed by atoms with Crippen LogP contribution in [0.1, 0.15) is 27.2 Å². The molecule has 3 aromatic carbocycles. The van der Waals surface area contributed by atoms with Crippen molar-refractivity contribution in [3.8, 4) is 0 Å². The Morgan fingerprint density at radius 3 is 2.20 bits per heavy atom. The number of nitrogens with two attached hydrogens (primary N) is 1. The molecule has 0 fully saturated rings. The number of hydrogen-bond acceptors (Lipinski definition) is 3. The topological polar surface area (TPSA) is 121 Å². The van der Waals surface area contributed by atoms with Crippen LogP contribution in [-0.2, 0) is 17.9 Å². The first-order valence-corrected chi connectivity index (χ1v) is 13.1. The van der Waals surface area contributed by atoms with E-state index >= 15 is 0 Å². The number of carbonyl (C=O) groups is 2. The number of amides is 1. The molecule has 5 N–H and O–H groups in total. The van der Waals surface area contributed by atoms with Gasteiger partial charge >= 0.3 is 12.1 Å². The van der Waals surface area contributed by atoms with Crippen LogP contribution < -0.4 is 15.5 Å². The summed E-state index contributed by atoms with van der Waals surface area (Å²) in [4.78, 5) is 22.2. The van der Waals surface area contributed by atoms with Crippen molar-refractivity contribution < 1.29 is 27.9 Å². The highest BCUT2D eigenvalue weighted by molar-refractivity contribution is 9.10. The Labute approximate surface area is 243 Å². The van der Waals surface area contributed by atoms with E-state index in [1.807, 2.05) is 53.1 Å². The minimum atomic E-state index is -5.08. The molecule has 0 bridgehead atoms. The Hall–Kier alpha value is -4.16. The molecule has 8 nitrogen and oxygen atoms in total. The Bertz CT molecular complexity index is 1580. The number of nitrogen functional groups attached to an aromatic ring is 1. The van der Waals surface area contributed by atoms with Crippen LogP contribution in [0.3, 0.4) is 0 Å². The summed E-state index contributed by atoms with van der Waals surface area (Å²) < 4.78 is 35.4. The molecule has 41 heavy (non-hydrogen) atoms. The highest BCUT2D eigenvalue weighted by atomic mass is 79.9. The molecular formula is C29H30BrF3N5O3+. The Kier molecular flexibility index (Phi) is 9.61. The van der Waals surface area contributed by atoms with E-state index in [2.05, 4.69) is 66.7 Å². The van der Waals surface area contributed by atoms with E-state index in [4.69, 9.17) is 21.0 Å². The lowest BCUT2D eigenvalue weighted by Gasteiger charge is -2.23. The van der Waals surface area contributed by atoms with Crippen molar-refractivity contribution in [2.45, 2.75) is 19.3 Å². The van der Waals surface area contributed by atoms with Crippen LogP contribution in [0.2, 0.25) is 0 Å². The number of carboxylic acids is 1. The summed E-state index contributed by atoms with van der Waals surface area (Å²) in [6, 6.07) is 23.8. The number of aromatic nitrogens is 1. The Morgan fingerprint density at radius 2 is 1.63 bits per heavy atom. The van der Waals surface area contributed by atoms with Crippen molar-refractivity contribution >= 4 is 50.2 Å². The first-order chi connectivity index (χ1) is 19.1. The number of alkyl halides is 3. The van der Waals surface area contributed by atoms with Gasteiger partial charge in [0, 0.05) is 34.0 Å². The Morgan fingerprint density at radius 1 is 1.00 bits per heavy atom. The van der Waals surface area contributed by atoms with Crippen molar-refractivity contribution in [1.82, 2.24) is 14.4 Å². The summed E-state index contributed by atoms with van der Waals surface area (Å²) in [5, 5.41) is 18.9. The van der Waals surface area contributed by atoms with E-state index in [0.717, 1.165) is 31.0 Å². The van der Waals surface area contributed by atoms with E-state index in [1.54, 1.807) is 0 Å². The second-order valence-electron chi connectivity index (χ2n) is 10.1. The molecule has 12 heteroatoms. The van der Waals surface area contributed by atoms with Crippen LogP contribution in [0.15, 0.2) is 77.3 Å². The molecule has 0 radical (unpaired) electrons. The van der Waals surface area contributed by atoms with Crippen molar-refractivity contribution in [1.29, 1.82) is 5.41 Å². The average Bonchev–Trinajstić information content (AvgIpc) is 3.24. The summed E-state index contributed by atoms with van der Waals surface area (Å²) in [5.74, 6) is -2.87. The van der Waals surface area contributed by atoms with Gasteiger partial charge in [-0.1, -0.05) is 46.3 Å². The van der Waals surface area contributed by atoms with Crippen LogP contribution in [0.25, 0.3) is 10.9 Å². The number of fused-ring (bicyclic) bond motifs is 1. The summed E-state index contributed by atoms with van der Waals surface area (Å²) in [7, 11) is 6.38. The third-order valence-electron chi connectivity index (χ3n) is 6.08. The number of amidine groups is 1.